The molecule has 22 heavy (non-hydrogen) atoms. The van der Waals surface area contributed by atoms with E-state index in [2.05, 4.69) is 0 Å². The van der Waals surface area contributed by atoms with Gasteiger partial charge in [0.25, 0.3) is 11.8 Å². The van der Waals surface area contributed by atoms with Gasteiger partial charge in [-0.15, -0.1) is 0 Å². The molecule has 0 aliphatic carbocycles. The Labute approximate surface area is 120 Å². The quantitative estimate of drug-likeness (QED) is 0.437. The Morgan fingerprint density at radius 3 is 1.41 bits per heavy atom. The molecule has 0 aromatic rings. The molecule has 0 atom stereocenters. The van der Waals surface area contributed by atoms with E-state index in [0.29, 0.717) is 6.92 Å². The predicted molar refractivity (Wildman–Crippen MR) is 59.2 cm³/mol. The minimum absolute atomic E-state index is 0.246. The van der Waals surface area contributed by atoms with Crippen LogP contribution in [0.1, 0.15) is 46.0 Å². The smallest absolute Gasteiger partial charge is 0.207 e. The Morgan fingerprint density at radius 2 is 1.05 bits per heavy atom. The average molecular weight is 350 g/mol. The summed E-state index contributed by atoms with van der Waals surface area (Å²) in [4.78, 5) is 0. The SMILES string of the molecule is CCCC(F)(F)CC(F)(F)CC(F)(F)C(F)(F)C(F)(F)CC. The first-order valence-corrected chi connectivity index (χ1v) is 6.43. The van der Waals surface area contributed by atoms with E-state index in [0.717, 1.165) is 0 Å². The first-order valence-electron chi connectivity index (χ1n) is 6.43. The van der Waals surface area contributed by atoms with Crippen molar-refractivity contribution >= 4 is 0 Å². The summed E-state index contributed by atoms with van der Waals surface area (Å²) in [7, 11) is 0. The Balaban J connectivity index is 5.26. The molecule has 0 unspecified atom stereocenters. The van der Waals surface area contributed by atoms with Crippen molar-refractivity contribution in [2.45, 2.75) is 75.6 Å². The Kier molecular flexibility index (Phi) is 6.22. The molecule has 0 bridgehead atoms. The third-order valence-corrected chi connectivity index (χ3v) is 2.98. The summed E-state index contributed by atoms with van der Waals surface area (Å²) in [6.45, 7) is 1.69. The van der Waals surface area contributed by atoms with Crippen LogP contribution in [0.2, 0.25) is 0 Å². The van der Waals surface area contributed by atoms with Crippen LogP contribution >= 0.6 is 0 Å². The zero-order valence-electron chi connectivity index (χ0n) is 11.8. The van der Waals surface area contributed by atoms with Gasteiger partial charge < -0.3 is 0 Å². The summed E-state index contributed by atoms with van der Waals surface area (Å²) >= 11 is 0. The number of hydrogen-bond acceptors (Lipinski definition) is 0. The standard InChI is InChI=1S/C12H16F10/c1-3-5-8(13,14)6-9(15,16)7-11(19,20)12(21,22)10(17,18)4-2/h3-7H2,1-2H3. The fourth-order valence-electron chi connectivity index (χ4n) is 1.82. The predicted octanol–water partition coefficient (Wildman–Crippen LogP) is 6.15. The van der Waals surface area contributed by atoms with E-state index in [1.165, 1.54) is 6.92 Å². The van der Waals surface area contributed by atoms with Gasteiger partial charge in [-0.1, -0.05) is 20.3 Å². The van der Waals surface area contributed by atoms with Gasteiger partial charge in [0.1, 0.15) is 0 Å². The zero-order chi connectivity index (χ0) is 18.0. The van der Waals surface area contributed by atoms with Gasteiger partial charge in [0.05, 0.1) is 12.8 Å². The van der Waals surface area contributed by atoms with Crippen molar-refractivity contribution in [2.24, 2.45) is 0 Å². The third-order valence-electron chi connectivity index (χ3n) is 2.98. The molecular formula is C12H16F10. The number of hydrogen-bond donors (Lipinski definition) is 0. The van der Waals surface area contributed by atoms with Crippen molar-refractivity contribution < 1.29 is 43.9 Å². The number of rotatable bonds is 9. The average Bonchev–Trinajstić information content (AvgIpc) is 2.24. The minimum atomic E-state index is -6.07. The van der Waals surface area contributed by atoms with Gasteiger partial charge in [-0.05, 0) is 0 Å². The lowest BCUT2D eigenvalue weighted by Crippen LogP contribution is -2.56. The van der Waals surface area contributed by atoms with E-state index in [1.807, 2.05) is 0 Å². The van der Waals surface area contributed by atoms with E-state index < -0.39 is 55.3 Å². The van der Waals surface area contributed by atoms with E-state index >= 15 is 0 Å². The second kappa shape index (κ2) is 6.43. The van der Waals surface area contributed by atoms with Crippen LogP contribution in [-0.4, -0.2) is 29.6 Å². The van der Waals surface area contributed by atoms with Gasteiger partial charge in [-0.3, -0.25) is 0 Å². The van der Waals surface area contributed by atoms with Crippen molar-refractivity contribution in [3.8, 4) is 0 Å². The molecule has 0 aromatic heterocycles. The van der Waals surface area contributed by atoms with E-state index in [9.17, 15) is 43.9 Å². The van der Waals surface area contributed by atoms with Crippen molar-refractivity contribution in [1.82, 2.24) is 0 Å². The molecular weight excluding hydrogens is 334 g/mol. The molecule has 0 aliphatic heterocycles. The molecule has 0 radical (unpaired) electrons. The second-order valence-electron chi connectivity index (χ2n) is 5.15. The Hall–Kier alpha value is -0.700. The van der Waals surface area contributed by atoms with Crippen molar-refractivity contribution in [2.75, 3.05) is 0 Å². The minimum Gasteiger partial charge on any atom is -0.207 e. The molecule has 0 amide bonds. The highest BCUT2D eigenvalue weighted by Gasteiger charge is 2.72. The lowest BCUT2D eigenvalue weighted by atomic mass is 9.93. The molecule has 0 N–H and O–H groups in total. The van der Waals surface area contributed by atoms with Gasteiger partial charge >= 0.3 is 17.8 Å². The summed E-state index contributed by atoms with van der Waals surface area (Å²) in [5.41, 5.74) is 0. The highest BCUT2D eigenvalue weighted by Crippen LogP contribution is 2.52. The summed E-state index contributed by atoms with van der Waals surface area (Å²) in [5, 5.41) is 0. The molecule has 0 fully saturated rings. The van der Waals surface area contributed by atoms with Gasteiger partial charge in [0.2, 0.25) is 0 Å². The second-order valence-corrected chi connectivity index (χ2v) is 5.15. The molecule has 134 valence electrons. The van der Waals surface area contributed by atoms with Crippen LogP contribution in [0.25, 0.3) is 0 Å². The monoisotopic (exact) mass is 350 g/mol. The summed E-state index contributed by atoms with van der Waals surface area (Å²) in [5.74, 6) is -26.1. The molecule has 0 saturated heterocycles. The van der Waals surface area contributed by atoms with Crippen molar-refractivity contribution in [3.63, 3.8) is 0 Å². The Bertz CT molecular complexity index is 361. The fourth-order valence-corrected chi connectivity index (χ4v) is 1.82. The maximum absolute atomic E-state index is 13.2. The molecule has 0 spiro atoms. The lowest BCUT2D eigenvalue weighted by Gasteiger charge is -2.34. The first kappa shape index (κ1) is 21.3. The molecule has 0 heterocycles. The molecule has 10 heteroatoms. The zero-order valence-corrected chi connectivity index (χ0v) is 11.8. The maximum atomic E-state index is 13.2. The van der Waals surface area contributed by atoms with Crippen LogP contribution in [0.5, 0.6) is 0 Å². The van der Waals surface area contributed by atoms with Crippen LogP contribution in [0.4, 0.5) is 43.9 Å². The van der Waals surface area contributed by atoms with Crippen LogP contribution in [0.3, 0.4) is 0 Å². The van der Waals surface area contributed by atoms with Crippen molar-refractivity contribution in [3.05, 3.63) is 0 Å². The summed E-state index contributed by atoms with van der Waals surface area (Å²) < 4.78 is 131. The molecule has 0 rings (SSSR count). The van der Waals surface area contributed by atoms with Crippen LogP contribution < -0.4 is 0 Å². The lowest BCUT2D eigenvalue weighted by molar-refractivity contribution is -0.324. The van der Waals surface area contributed by atoms with E-state index in [4.69, 9.17) is 0 Å². The molecule has 0 aliphatic rings. The van der Waals surface area contributed by atoms with E-state index in [-0.39, 0.29) is 6.42 Å². The fraction of sp³-hybridized carbons (Fsp3) is 1.00. The molecule has 0 nitrogen and oxygen atoms in total. The summed E-state index contributed by atoms with van der Waals surface area (Å²) in [6, 6.07) is 0. The topological polar surface area (TPSA) is 0 Å². The summed E-state index contributed by atoms with van der Waals surface area (Å²) in [6.07, 6.45) is -8.51. The van der Waals surface area contributed by atoms with Crippen LogP contribution in [0, 0.1) is 0 Å². The maximum Gasteiger partial charge on any atom is 0.372 e. The van der Waals surface area contributed by atoms with Crippen LogP contribution in [0.15, 0.2) is 0 Å². The molecule has 0 aromatic carbocycles. The van der Waals surface area contributed by atoms with Gasteiger partial charge in [0, 0.05) is 12.8 Å². The van der Waals surface area contributed by atoms with Crippen molar-refractivity contribution in [1.29, 1.82) is 0 Å². The highest BCUT2D eigenvalue weighted by atomic mass is 19.3. The highest BCUT2D eigenvalue weighted by molar-refractivity contribution is 4.98. The largest absolute Gasteiger partial charge is 0.372 e. The number of alkyl halides is 10. The van der Waals surface area contributed by atoms with Gasteiger partial charge in [0.15, 0.2) is 0 Å². The normalized spacial score (nSPS) is 15.3. The number of halogens is 10. The van der Waals surface area contributed by atoms with E-state index in [1.54, 1.807) is 0 Å². The Morgan fingerprint density at radius 1 is 0.591 bits per heavy atom. The van der Waals surface area contributed by atoms with Gasteiger partial charge in [-0.25, -0.2) is 17.6 Å². The van der Waals surface area contributed by atoms with Crippen LogP contribution in [-0.2, 0) is 0 Å². The van der Waals surface area contributed by atoms with Gasteiger partial charge in [-0.2, -0.15) is 26.3 Å². The third kappa shape index (κ3) is 4.91. The first-order chi connectivity index (χ1) is 9.54. The molecule has 0 saturated carbocycles.